The van der Waals surface area contributed by atoms with Crippen molar-refractivity contribution >= 4 is 27.1 Å². The van der Waals surface area contributed by atoms with Crippen LogP contribution in [0.5, 0.6) is 0 Å². The van der Waals surface area contributed by atoms with E-state index < -0.39 is 10.0 Å². The van der Waals surface area contributed by atoms with E-state index >= 15 is 0 Å². The Kier molecular flexibility index (Phi) is 3.57. The summed E-state index contributed by atoms with van der Waals surface area (Å²) in [4.78, 5) is 4.47. The minimum absolute atomic E-state index is 0.682. The summed E-state index contributed by atoms with van der Waals surface area (Å²) < 4.78 is 26.0. The zero-order valence-corrected chi connectivity index (χ0v) is 13.9. The second-order valence-corrected chi connectivity index (χ2v) is 6.90. The molecule has 0 spiro atoms. The normalized spacial score (nSPS) is 12.5. The monoisotopic (exact) mass is 331 g/mol. The van der Waals surface area contributed by atoms with Crippen LogP contribution in [0.3, 0.4) is 0 Å². The van der Waals surface area contributed by atoms with Gasteiger partial charge in [-0.1, -0.05) is 0 Å². The molecule has 3 heterocycles. The number of fused-ring (bicyclic) bond motifs is 1. The van der Waals surface area contributed by atoms with Crippen LogP contribution in [0.15, 0.2) is 29.9 Å². The van der Waals surface area contributed by atoms with Crippen molar-refractivity contribution in [3.63, 3.8) is 0 Å². The summed E-state index contributed by atoms with van der Waals surface area (Å²) in [6.45, 7) is 3.80. The summed E-state index contributed by atoms with van der Waals surface area (Å²) >= 11 is 0. The fourth-order valence-corrected chi connectivity index (χ4v) is 2.94. The van der Waals surface area contributed by atoms with Crippen molar-refractivity contribution in [2.24, 2.45) is 12.2 Å². The number of pyridine rings is 1. The third-order valence-corrected chi connectivity index (χ3v) is 4.07. The maximum Gasteiger partial charge on any atom is 0.231 e. The number of aryl methyl sites for hydroxylation is 3. The van der Waals surface area contributed by atoms with Crippen LogP contribution in [0.4, 0.5) is 0 Å². The second kappa shape index (κ2) is 5.32. The maximum atomic E-state index is 11.2. The fraction of sp³-hybridized carbons (Fsp3) is 0.200. The van der Waals surface area contributed by atoms with Crippen LogP contribution in [0, 0.1) is 13.8 Å². The Morgan fingerprint density at radius 2 is 2.04 bits per heavy atom. The van der Waals surface area contributed by atoms with E-state index in [0.717, 1.165) is 27.8 Å². The zero-order chi connectivity index (χ0) is 16.8. The molecule has 3 aromatic heterocycles. The van der Waals surface area contributed by atoms with Gasteiger partial charge in [-0.05, 0) is 37.6 Å². The van der Waals surface area contributed by atoms with E-state index in [1.165, 1.54) is 6.08 Å². The van der Waals surface area contributed by atoms with Gasteiger partial charge in [0.05, 0.1) is 5.69 Å². The smallest absolute Gasteiger partial charge is 0.231 e. The zero-order valence-electron chi connectivity index (χ0n) is 13.1. The lowest BCUT2D eigenvalue weighted by molar-refractivity contribution is 0.606. The Bertz CT molecular complexity index is 1030. The molecular weight excluding hydrogens is 314 g/mol. The van der Waals surface area contributed by atoms with Gasteiger partial charge in [-0.2, -0.15) is 5.10 Å². The van der Waals surface area contributed by atoms with E-state index in [1.807, 2.05) is 36.7 Å². The van der Waals surface area contributed by atoms with Crippen molar-refractivity contribution < 1.29 is 8.42 Å². The predicted octanol–water partition coefficient (Wildman–Crippen LogP) is 1.64. The van der Waals surface area contributed by atoms with Crippen LogP contribution in [0.2, 0.25) is 0 Å². The predicted molar refractivity (Wildman–Crippen MR) is 89.5 cm³/mol. The molecule has 7 nitrogen and oxygen atoms in total. The number of hydrogen-bond donors (Lipinski definition) is 1. The number of rotatable bonds is 3. The lowest BCUT2D eigenvalue weighted by atomic mass is 10.2. The van der Waals surface area contributed by atoms with Gasteiger partial charge in [-0.3, -0.25) is 9.25 Å². The van der Waals surface area contributed by atoms with E-state index in [0.29, 0.717) is 11.3 Å². The Balaban J connectivity index is 2.25. The number of nitrogens with zero attached hydrogens (tertiary/aromatic N) is 4. The Labute approximate surface area is 134 Å². The van der Waals surface area contributed by atoms with Gasteiger partial charge in [0, 0.05) is 35.8 Å². The van der Waals surface area contributed by atoms with Crippen molar-refractivity contribution in [3.05, 3.63) is 46.8 Å². The van der Waals surface area contributed by atoms with Crippen LogP contribution < -0.4 is 5.14 Å². The molecule has 0 aliphatic carbocycles. The van der Waals surface area contributed by atoms with E-state index in [2.05, 4.69) is 10.1 Å². The van der Waals surface area contributed by atoms with E-state index in [1.54, 1.807) is 17.9 Å². The van der Waals surface area contributed by atoms with Gasteiger partial charge in [0.1, 0.15) is 11.5 Å². The molecule has 0 atom stereocenters. The largest absolute Gasteiger partial charge is 0.285 e. The van der Waals surface area contributed by atoms with Crippen LogP contribution in [0.1, 0.15) is 16.8 Å². The van der Waals surface area contributed by atoms with Crippen molar-refractivity contribution in [1.29, 1.82) is 0 Å². The molecule has 2 N–H and O–H groups in total. The highest BCUT2D eigenvalue weighted by atomic mass is 32.2. The average Bonchev–Trinajstić information content (AvgIpc) is 2.95. The van der Waals surface area contributed by atoms with Crippen molar-refractivity contribution in [3.8, 4) is 5.82 Å². The highest BCUT2D eigenvalue weighted by Gasteiger charge is 2.16. The lowest BCUT2D eigenvalue weighted by Crippen LogP contribution is -2.07. The molecule has 0 saturated heterocycles. The topological polar surface area (TPSA) is 95.8 Å². The molecule has 0 radical (unpaired) electrons. The summed E-state index contributed by atoms with van der Waals surface area (Å²) in [7, 11) is -1.90. The minimum atomic E-state index is -3.71. The fourth-order valence-electron chi connectivity index (χ4n) is 2.61. The molecule has 0 unspecified atom stereocenters. The first-order valence-corrected chi connectivity index (χ1v) is 8.56. The standard InChI is InChI=1S/C15H17N5O2S/c1-10-8-12-4-6-20(14(12)17-9-10)15-13(5-7-23(16,21)22)11(2)18-19(15)3/h4-9H,1-3H3,(H2,16,21,22)/b7-5+. The molecule has 8 heteroatoms. The van der Waals surface area contributed by atoms with E-state index in [-0.39, 0.29) is 0 Å². The molecule has 0 aliphatic rings. The molecule has 0 bridgehead atoms. The molecular formula is C15H17N5O2S. The van der Waals surface area contributed by atoms with Gasteiger partial charge in [-0.25, -0.2) is 18.5 Å². The van der Waals surface area contributed by atoms with Crippen molar-refractivity contribution in [2.75, 3.05) is 0 Å². The summed E-state index contributed by atoms with van der Waals surface area (Å²) in [5, 5.41) is 11.4. The molecule has 3 rings (SSSR count). The maximum absolute atomic E-state index is 11.2. The van der Waals surface area contributed by atoms with Gasteiger partial charge < -0.3 is 0 Å². The molecule has 0 fully saturated rings. The van der Waals surface area contributed by atoms with Gasteiger partial charge in [0.15, 0.2) is 0 Å². The first-order valence-electron chi connectivity index (χ1n) is 6.95. The molecule has 0 amide bonds. The van der Waals surface area contributed by atoms with Gasteiger partial charge >= 0.3 is 0 Å². The van der Waals surface area contributed by atoms with E-state index in [4.69, 9.17) is 5.14 Å². The van der Waals surface area contributed by atoms with Crippen molar-refractivity contribution in [1.82, 2.24) is 19.3 Å². The second-order valence-electron chi connectivity index (χ2n) is 5.45. The number of nitrogens with two attached hydrogens (primary N) is 1. The number of primary sulfonamides is 1. The quantitative estimate of drug-likeness (QED) is 0.789. The molecule has 0 aromatic carbocycles. The number of aromatic nitrogens is 4. The first kappa shape index (κ1) is 15.4. The molecule has 120 valence electrons. The van der Waals surface area contributed by atoms with Crippen LogP contribution in [0.25, 0.3) is 22.9 Å². The summed E-state index contributed by atoms with van der Waals surface area (Å²) in [6.07, 6.45) is 5.15. The van der Waals surface area contributed by atoms with Crippen LogP contribution in [-0.4, -0.2) is 27.7 Å². The SMILES string of the molecule is Cc1cnc2c(ccn2-c2c(/C=C/S(N)(=O)=O)c(C)nn2C)c1. The highest BCUT2D eigenvalue weighted by Crippen LogP contribution is 2.24. The van der Waals surface area contributed by atoms with Gasteiger partial charge in [0.25, 0.3) is 0 Å². The summed E-state index contributed by atoms with van der Waals surface area (Å²) in [6, 6.07) is 4.01. The molecule has 0 saturated carbocycles. The van der Waals surface area contributed by atoms with Crippen molar-refractivity contribution in [2.45, 2.75) is 13.8 Å². The Hall–Kier alpha value is -2.45. The summed E-state index contributed by atoms with van der Waals surface area (Å²) in [5.74, 6) is 0.730. The Morgan fingerprint density at radius 1 is 1.30 bits per heavy atom. The average molecular weight is 331 g/mol. The van der Waals surface area contributed by atoms with Gasteiger partial charge in [-0.15, -0.1) is 0 Å². The molecule has 3 aromatic rings. The minimum Gasteiger partial charge on any atom is -0.285 e. The van der Waals surface area contributed by atoms with Gasteiger partial charge in [0.2, 0.25) is 10.0 Å². The van der Waals surface area contributed by atoms with Crippen LogP contribution in [-0.2, 0) is 17.1 Å². The molecule has 0 aliphatic heterocycles. The first-order chi connectivity index (χ1) is 10.8. The Morgan fingerprint density at radius 3 is 2.74 bits per heavy atom. The third kappa shape index (κ3) is 2.90. The van der Waals surface area contributed by atoms with Crippen LogP contribution >= 0.6 is 0 Å². The summed E-state index contributed by atoms with van der Waals surface area (Å²) in [5.41, 5.74) is 3.24. The third-order valence-electron chi connectivity index (χ3n) is 3.55. The number of hydrogen-bond acceptors (Lipinski definition) is 4. The van der Waals surface area contributed by atoms with E-state index in [9.17, 15) is 8.42 Å². The molecule has 23 heavy (non-hydrogen) atoms. The lowest BCUT2D eigenvalue weighted by Gasteiger charge is -2.07. The highest BCUT2D eigenvalue weighted by molar-refractivity contribution is 7.92. The number of sulfonamides is 1.